The maximum absolute atomic E-state index is 13.2. The second-order valence-electron chi connectivity index (χ2n) is 8.72. The third-order valence-corrected chi connectivity index (χ3v) is 6.59. The molecule has 13 nitrogen and oxygen atoms in total. The summed E-state index contributed by atoms with van der Waals surface area (Å²) in [6.45, 7) is 1.25. The molecule has 3 amide bonds. The van der Waals surface area contributed by atoms with Gasteiger partial charge in [-0.1, -0.05) is 46.6 Å². The number of carbonyl (C=O) groups is 3. The van der Waals surface area contributed by atoms with Gasteiger partial charge in [0.25, 0.3) is 0 Å². The van der Waals surface area contributed by atoms with Crippen LogP contribution < -0.4 is 20.9 Å². The Labute approximate surface area is 238 Å². The van der Waals surface area contributed by atoms with E-state index in [4.69, 9.17) is 43.2 Å². The number of amides is 3. The summed E-state index contributed by atoms with van der Waals surface area (Å²) >= 11 is 12.0. The van der Waals surface area contributed by atoms with E-state index in [0.29, 0.717) is 21.4 Å². The smallest absolute Gasteiger partial charge is 0.404 e. The van der Waals surface area contributed by atoms with Crippen molar-refractivity contribution in [2.75, 3.05) is 0 Å². The molecule has 0 saturated carbocycles. The number of carbonyl (C=O) groups excluding carboxylic acids is 3. The van der Waals surface area contributed by atoms with Crippen LogP contribution in [-0.2, 0) is 31.8 Å². The van der Waals surface area contributed by atoms with Crippen LogP contribution in [0, 0.1) is 0 Å². The maximum atomic E-state index is 13.2. The predicted molar refractivity (Wildman–Crippen MR) is 143 cm³/mol. The number of nitrogens with two attached hydrogens (primary N) is 1. The number of hydrogen-bond acceptors (Lipinski definition) is 8. The first-order valence-corrected chi connectivity index (χ1v) is 14.0. The van der Waals surface area contributed by atoms with Crippen LogP contribution >= 0.6 is 31.0 Å². The monoisotopic (exact) mass is 613 g/mol. The Balaban J connectivity index is 1.76. The van der Waals surface area contributed by atoms with E-state index < -0.39 is 37.6 Å². The number of benzene rings is 2. The molecule has 0 spiro atoms. The lowest BCUT2D eigenvalue weighted by atomic mass is 10.0. The third-order valence-electron chi connectivity index (χ3n) is 5.41. The third kappa shape index (κ3) is 9.92. The van der Waals surface area contributed by atoms with Gasteiger partial charge in [-0.3, -0.25) is 24.2 Å². The van der Waals surface area contributed by atoms with Crippen LogP contribution in [-0.4, -0.2) is 43.7 Å². The Morgan fingerprint density at radius 1 is 1.07 bits per heavy atom. The van der Waals surface area contributed by atoms with Crippen LogP contribution in [0.2, 0.25) is 10.0 Å². The SMILES string of the molecule is CC(=O)N[C@@H](Cc1ccc(OP(=O)(O)O)cc1)C(=O)N[C@@H](CCC(N)=O)c1nc(Cc2ccc(Cl)c(Cl)c2)no1. The zero-order valence-corrected chi connectivity index (χ0v) is 23.4. The molecular formula is C24H26Cl2N5O8P. The van der Waals surface area contributed by atoms with Gasteiger partial charge in [-0.15, -0.1) is 0 Å². The lowest BCUT2D eigenvalue weighted by molar-refractivity contribution is -0.128. The number of rotatable bonds is 13. The molecule has 3 aromatic rings. The molecule has 214 valence electrons. The maximum Gasteiger partial charge on any atom is 0.524 e. The largest absolute Gasteiger partial charge is 0.524 e. The van der Waals surface area contributed by atoms with Gasteiger partial charge >= 0.3 is 7.82 Å². The Morgan fingerprint density at radius 3 is 2.35 bits per heavy atom. The van der Waals surface area contributed by atoms with Crippen LogP contribution in [0.3, 0.4) is 0 Å². The number of nitrogens with one attached hydrogen (secondary N) is 2. The van der Waals surface area contributed by atoms with Gasteiger partial charge in [0.05, 0.1) is 10.0 Å². The van der Waals surface area contributed by atoms with E-state index in [-0.39, 0.29) is 37.3 Å². The van der Waals surface area contributed by atoms with Crippen LogP contribution in [0.5, 0.6) is 5.75 Å². The van der Waals surface area contributed by atoms with Gasteiger partial charge in [0.1, 0.15) is 17.8 Å². The van der Waals surface area contributed by atoms with Crippen molar-refractivity contribution in [1.29, 1.82) is 0 Å². The van der Waals surface area contributed by atoms with E-state index in [2.05, 4.69) is 25.3 Å². The summed E-state index contributed by atoms with van der Waals surface area (Å²) in [7, 11) is -4.73. The highest BCUT2D eigenvalue weighted by atomic mass is 35.5. The van der Waals surface area contributed by atoms with Gasteiger partial charge in [0, 0.05) is 26.2 Å². The molecule has 1 aromatic heterocycles. The summed E-state index contributed by atoms with van der Waals surface area (Å²) < 4.78 is 20.9. The molecule has 2 aromatic carbocycles. The van der Waals surface area contributed by atoms with E-state index in [9.17, 15) is 18.9 Å². The first kappa shape index (κ1) is 31.1. The molecule has 1 heterocycles. The molecule has 0 aliphatic carbocycles. The van der Waals surface area contributed by atoms with Crippen LogP contribution in [0.4, 0.5) is 0 Å². The van der Waals surface area contributed by atoms with Crippen molar-refractivity contribution < 1.29 is 37.8 Å². The molecule has 16 heteroatoms. The van der Waals surface area contributed by atoms with E-state index in [0.717, 1.165) is 5.56 Å². The Bertz CT molecular complexity index is 1410. The number of phosphoric ester groups is 1. The summed E-state index contributed by atoms with van der Waals surface area (Å²) in [6.07, 6.45) is 0.238. The zero-order chi connectivity index (χ0) is 29.4. The fourth-order valence-corrected chi connectivity index (χ4v) is 4.36. The van der Waals surface area contributed by atoms with Crippen molar-refractivity contribution in [1.82, 2.24) is 20.8 Å². The molecule has 40 heavy (non-hydrogen) atoms. The molecule has 3 rings (SSSR count). The highest BCUT2D eigenvalue weighted by Crippen LogP contribution is 2.37. The fourth-order valence-electron chi connectivity index (χ4n) is 3.64. The quantitative estimate of drug-likeness (QED) is 0.178. The standard InChI is InChI=1S/C24H26Cl2N5O8P/c1-13(32)28-20(11-14-2-5-16(6-3-14)39-40(35,36)37)23(34)29-19(8-9-21(27)33)24-30-22(31-38-24)12-15-4-7-17(25)18(26)10-15/h2-7,10,19-20H,8-9,11-12H2,1H3,(H2,27,33)(H,28,32)(H,29,34)(H2,35,36,37)/t19-,20-/m0/s1. The van der Waals surface area contributed by atoms with E-state index in [1.807, 2.05) is 0 Å². The molecule has 0 bridgehead atoms. The van der Waals surface area contributed by atoms with Gasteiger partial charge < -0.3 is 25.4 Å². The average molecular weight is 614 g/mol. The van der Waals surface area contributed by atoms with E-state index >= 15 is 0 Å². The summed E-state index contributed by atoms with van der Waals surface area (Å²) in [4.78, 5) is 58.8. The van der Waals surface area contributed by atoms with E-state index in [1.165, 1.54) is 31.2 Å². The molecular weight excluding hydrogens is 588 g/mol. The topological polar surface area (TPSA) is 207 Å². The lowest BCUT2D eigenvalue weighted by Gasteiger charge is -2.21. The fraction of sp³-hybridized carbons (Fsp3) is 0.292. The lowest BCUT2D eigenvalue weighted by Crippen LogP contribution is -2.48. The normalized spacial score (nSPS) is 12.8. The van der Waals surface area contributed by atoms with Gasteiger partial charge in [0.15, 0.2) is 5.82 Å². The molecule has 0 radical (unpaired) electrons. The molecule has 2 atom stereocenters. The minimum atomic E-state index is -4.73. The second-order valence-corrected chi connectivity index (χ2v) is 10.7. The molecule has 0 fully saturated rings. The van der Waals surface area contributed by atoms with Gasteiger partial charge in [-0.2, -0.15) is 4.98 Å². The zero-order valence-electron chi connectivity index (χ0n) is 21.0. The number of hydrogen-bond donors (Lipinski definition) is 5. The summed E-state index contributed by atoms with van der Waals surface area (Å²) in [6, 6.07) is 8.72. The van der Waals surface area contributed by atoms with Gasteiger partial charge in [-0.25, -0.2) is 4.57 Å². The highest BCUT2D eigenvalue weighted by molar-refractivity contribution is 7.46. The van der Waals surface area contributed by atoms with Crippen LogP contribution in [0.15, 0.2) is 47.0 Å². The molecule has 0 aliphatic rings. The van der Waals surface area contributed by atoms with Gasteiger partial charge in [0.2, 0.25) is 23.6 Å². The minimum Gasteiger partial charge on any atom is -0.404 e. The average Bonchev–Trinajstić information content (AvgIpc) is 3.31. The molecule has 0 unspecified atom stereocenters. The van der Waals surface area contributed by atoms with Crippen molar-refractivity contribution in [3.05, 3.63) is 75.4 Å². The van der Waals surface area contributed by atoms with Crippen molar-refractivity contribution in [2.45, 2.75) is 44.7 Å². The summed E-state index contributed by atoms with van der Waals surface area (Å²) in [5, 5.41) is 9.99. The highest BCUT2D eigenvalue weighted by Gasteiger charge is 2.27. The second kappa shape index (κ2) is 13.7. The van der Waals surface area contributed by atoms with E-state index in [1.54, 1.807) is 18.2 Å². The Hall–Kier alpha value is -3.48. The predicted octanol–water partition coefficient (Wildman–Crippen LogP) is 2.61. The molecule has 0 aliphatic heterocycles. The Kier molecular flexibility index (Phi) is 10.7. The van der Waals surface area contributed by atoms with Crippen molar-refractivity contribution in [3.63, 3.8) is 0 Å². The number of nitrogens with zero attached hydrogens (tertiary/aromatic N) is 2. The number of phosphoric acid groups is 1. The number of halogens is 2. The van der Waals surface area contributed by atoms with Crippen molar-refractivity contribution in [2.24, 2.45) is 5.73 Å². The summed E-state index contributed by atoms with van der Waals surface area (Å²) in [5.41, 5.74) is 6.63. The Morgan fingerprint density at radius 2 is 1.75 bits per heavy atom. The molecule has 0 saturated heterocycles. The van der Waals surface area contributed by atoms with Crippen LogP contribution in [0.25, 0.3) is 0 Å². The van der Waals surface area contributed by atoms with Crippen molar-refractivity contribution in [3.8, 4) is 5.75 Å². The van der Waals surface area contributed by atoms with Gasteiger partial charge in [-0.05, 0) is 41.8 Å². The summed E-state index contributed by atoms with van der Waals surface area (Å²) in [5.74, 6) is -1.43. The van der Waals surface area contributed by atoms with Crippen LogP contribution in [0.1, 0.15) is 48.6 Å². The number of primary amides is 1. The first-order chi connectivity index (χ1) is 18.8. The number of aromatic nitrogens is 2. The minimum absolute atomic E-state index is 0.0244. The van der Waals surface area contributed by atoms with Crippen molar-refractivity contribution >= 4 is 48.7 Å². The first-order valence-electron chi connectivity index (χ1n) is 11.8. The molecule has 6 N–H and O–H groups in total.